The van der Waals surface area contributed by atoms with Crippen LogP contribution in [0, 0.1) is 23.2 Å². The monoisotopic (exact) mass is 273 g/mol. The quantitative estimate of drug-likeness (QED) is 0.795. The standard InChI is InChI=1S/C17H27N3/c1-11-10-20-15(2-3-18-16(20)19-11)17-7-12-4-13(8-17)6-14(5-12)9-17/h11-15H,2-10H2,1H3,(H,18,19). The van der Waals surface area contributed by atoms with E-state index in [1.165, 1.54) is 38.2 Å². The van der Waals surface area contributed by atoms with Crippen LogP contribution >= 0.6 is 0 Å². The second-order valence-electron chi connectivity index (χ2n) is 8.49. The minimum Gasteiger partial charge on any atom is -0.352 e. The van der Waals surface area contributed by atoms with Crippen LogP contribution in [0.4, 0.5) is 0 Å². The largest absolute Gasteiger partial charge is 0.352 e. The van der Waals surface area contributed by atoms with Crippen LogP contribution in [0.3, 0.4) is 0 Å². The number of nitrogens with zero attached hydrogens (tertiary/aromatic N) is 2. The first-order chi connectivity index (χ1) is 9.72. The molecule has 1 saturated heterocycles. The summed E-state index contributed by atoms with van der Waals surface area (Å²) in [5, 5.41) is 3.59. The van der Waals surface area contributed by atoms with E-state index in [1.807, 2.05) is 0 Å². The molecule has 6 rings (SSSR count). The van der Waals surface area contributed by atoms with E-state index in [0.29, 0.717) is 11.5 Å². The maximum absolute atomic E-state index is 4.75. The summed E-state index contributed by atoms with van der Waals surface area (Å²) in [5.41, 5.74) is 0.654. The number of guanidine groups is 1. The van der Waals surface area contributed by atoms with Gasteiger partial charge in [-0.25, -0.2) is 0 Å². The van der Waals surface area contributed by atoms with E-state index in [9.17, 15) is 0 Å². The highest BCUT2D eigenvalue weighted by Gasteiger charge is 2.56. The highest BCUT2D eigenvalue weighted by molar-refractivity contribution is 5.83. The van der Waals surface area contributed by atoms with E-state index in [1.54, 1.807) is 19.3 Å². The second kappa shape index (κ2) is 3.92. The lowest BCUT2D eigenvalue weighted by molar-refractivity contribution is -0.0916. The molecule has 110 valence electrons. The number of aliphatic imine (C=N–C) groups is 1. The molecule has 3 nitrogen and oxygen atoms in total. The number of nitrogens with one attached hydrogen (secondary N) is 1. The fourth-order valence-corrected chi connectivity index (χ4v) is 6.81. The minimum absolute atomic E-state index is 0.586. The van der Waals surface area contributed by atoms with Gasteiger partial charge in [0.2, 0.25) is 0 Å². The average Bonchev–Trinajstić information content (AvgIpc) is 2.76. The summed E-state index contributed by atoms with van der Waals surface area (Å²) in [7, 11) is 0. The van der Waals surface area contributed by atoms with Crippen molar-refractivity contribution in [3.05, 3.63) is 0 Å². The summed E-state index contributed by atoms with van der Waals surface area (Å²) in [6, 6.07) is 1.38. The van der Waals surface area contributed by atoms with Gasteiger partial charge in [0.25, 0.3) is 0 Å². The highest BCUT2D eigenvalue weighted by Crippen LogP contribution is 2.62. The van der Waals surface area contributed by atoms with Gasteiger partial charge < -0.3 is 10.2 Å². The summed E-state index contributed by atoms with van der Waals surface area (Å²) >= 11 is 0. The van der Waals surface area contributed by atoms with Crippen molar-refractivity contribution in [2.45, 2.75) is 64.0 Å². The molecule has 2 heterocycles. The highest BCUT2D eigenvalue weighted by atomic mass is 15.4. The van der Waals surface area contributed by atoms with E-state index in [2.05, 4.69) is 17.1 Å². The molecule has 0 aromatic heterocycles. The van der Waals surface area contributed by atoms with Crippen molar-refractivity contribution in [3.8, 4) is 0 Å². The van der Waals surface area contributed by atoms with Gasteiger partial charge in [0.1, 0.15) is 0 Å². The summed E-state index contributed by atoms with van der Waals surface area (Å²) in [5.74, 6) is 4.43. The molecule has 0 radical (unpaired) electrons. The predicted octanol–water partition coefficient (Wildman–Crippen LogP) is 2.62. The Kier molecular flexibility index (Phi) is 2.33. The van der Waals surface area contributed by atoms with Crippen LogP contribution in [0.2, 0.25) is 0 Å². The molecule has 6 aliphatic rings. The van der Waals surface area contributed by atoms with Crippen molar-refractivity contribution < 1.29 is 0 Å². The third-order valence-electron chi connectivity index (χ3n) is 6.95. The van der Waals surface area contributed by atoms with Gasteiger partial charge in [0.05, 0.1) is 0 Å². The van der Waals surface area contributed by atoms with Crippen LogP contribution in [-0.4, -0.2) is 36.0 Å². The maximum atomic E-state index is 4.75. The van der Waals surface area contributed by atoms with Crippen molar-refractivity contribution in [1.29, 1.82) is 0 Å². The Morgan fingerprint density at radius 1 is 1.10 bits per heavy atom. The summed E-state index contributed by atoms with van der Waals surface area (Å²) in [6.07, 6.45) is 10.6. The van der Waals surface area contributed by atoms with Crippen LogP contribution in [0.15, 0.2) is 4.99 Å². The maximum Gasteiger partial charge on any atom is 0.194 e. The second-order valence-corrected chi connectivity index (χ2v) is 8.49. The lowest BCUT2D eigenvalue weighted by Gasteiger charge is -2.61. The molecule has 0 aromatic carbocycles. The molecule has 4 bridgehead atoms. The van der Waals surface area contributed by atoms with Crippen molar-refractivity contribution >= 4 is 5.96 Å². The molecule has 2 unspecified atom stereocenters. The number of hydrogen-bond acceptors (Lipinski definition) is 3. The van der Waals surface area contributed by atoms with Crippen LogP contribution in [-0.2, 0) is 0 Å². The Bertz CT molecular complexity index is 420. The van der Waals surface area contributed by atoms with Crippen molar-refractivity contribution in [2.75, 3.05) is 13.1 Å². The number of hydrogen-bond donors (Lipinski definition) is 1. The first-order valence-electron chi connectivity index (χ1n) is 8.79. The van der Waals surface area contributed by atoms with Gasteiger partial charge in [-0.1, -0.05) is 0 Å². The molecule has 5 fully saturated rings. The Hall–Kier alpha value is -0.730. The molecule has 3 heteroatoms. The van der Waals surface area contributed by atoms with Gasteiger partial charge in [0.15, 0.2) is 5.96 Å². The molecule has 4 aliphatic carbocycles. The van der Waals surface area contributed by atoms with Gasteiger partial charge in [-0.3, -0.25) is 4.99 Å². The lowest BCUT2D eigenvalue weighted by Crippen LogP contribution is -2.59. The summed E-state index contributed by atoms with van der Waals surface area (Å²) < 4.78 is 0. The Balaban J connectivity index is 1.49. The van der Waals surface area contributed by atoms with Gasteiger partial charge in [-0.2, -0.15) is 0 Å². The Morgan fingerprint density at radius 2 is 1.75 bits per heavy atom. The molecule has 2 atom stereocenters. The van der Waals surface area contributed by atoms with E-state index in [0.717, 1.165) is 30.3 Å². The molecule has 0 aromatic rings. The van der Waals surface area contributed by atoms with Crippen LogP contribution in [0.1, 0.15) is 51.9 Å². The number of rotatable bonds is 1. The molecular formula is C17H27N3. The van der Waals surface area contributed by atoms with Gasteiger partial charge in [-0.15, -0.1) is 0 Å². The molecule has 1 N–H and O–H groups in total. The molecule has 4 saturated carbocycles. The fraction of sp³-hybridized carbons (Fsp3) is 0.941. The first-order valence-corrected chi connectivity index (χ1v) is 8.79. The molecular weight excluding hydrogens is 246 g/mol. The van der Waals surface area contributed by atoms with Gasteiger partial charge in [-0.05, 0) is 75.0 Å². The summed E-state index contributed by atoms with van der Waals surface area (Å²) in [4.78, 5) is 7.42. The third-order valence-corrected chi connectivity index (χ3v) is 6.95. The smallest absolute Gasteiger partial charge is 0.194 e. The Labute approximate surface area is 122 Å². The molecule has 0 amide bonds. The first kappa shape index (κ1) is 11.9. The van der Waals surface area contributed by atoms with Gasteiger partial charge >= 0.3 is 0 Å². The Morgan fingerprint density at radius 3 is 2.40 bits per heavy atom. The van der Waals surface area contributed by atoms with E-state index in [4.69, 9.17) is 4.99 Å². The zero-order valence-corrected chi connectivity index (χ0v) is 12.6. The predicted molar refractivity (Wildman–Crippen MR) is 80.6 cm³/mol. The minimum atomic E-state index is 0.586. The fourth-order valence-electron chi connectivity index (χ4n) is 6.81. The van der Waals surface area contributed by atoms with E-state index >= 15 is 0 Å². The van der Waals surface area contributed by atoms with Crippen LogP contribution in [0.25, 0.3) is 0 Å². The van der Waals surface area contributed by atoms with Crippen LogP contribution in [0.5, 0.6) is 0 Å². The lowest BCUT2D eigenvalue weighted by atomic mass is 9.47. The van der Waals surface area contributed by atoms with Crippen LogP contribution < -0.4 is 5.32 Å². The molecule has 20 heavy (non-hydrogen) atoms. The van der Waals surface area contributed by atoms with E-state index < -0.39 is 0 Å². The zero-order chi connectivity index (χ0) is 13.3. The molecule has 0 spiro atoms. The zero-order valence-electron chi connectivity index (χ0n) is 12.6. The van der Waals surface area contributed by atoms with Crippen molar-refractivity contribution in [1.82, 2.24) is 10.2 Å². The van der Waals surface area contributed by atoms with Gasteiger partial charge in [0, 0.05) is 25.2 Å². The van der Waals surface area contributed by atoms with E-state index in [-0.39, 0.29) is 0 Å². The van der Waals surface area contributed by atoms with Crippen molar-refractivity contribution in [3.63, 3.8) is 0 Å². The average molecular weight is 273 g/mol. The third kappa shape index (κ3) is 1.55. The topological polar surface area (TPSA) is 27.6 Å². The number of fused-ring (bicyclic) bond motifs is 1. The normalized spacial score (nSPS) is 52.8. The molecule has 2 aliphatic heterocycles. The SMILES string of the molecule is CC1CN2C(=NCCC2C23CC4CC(CC(C4)C2)C3)N1. The van der Waals surface area contributed by atoms with Crippen molar-refractivity contribution in [2.24, 2.45) is 28.2 Å². The summed E-state index contributed by atoms with van der Waals surface area (Å²) in [6.45, 7) is 4.54.